The molecule has 0 aliphatic rings. The smallest absolute Gasteiger partial charge is 0.448 e. The van der Waals surface area contributed by atoms with E-state index in [-0.39, 0.29) is 51.4 Å². The molecule has 0 amide bonds. The van der Waals surface area contributed by atoms with E-state index < -0.39 is 0 Å². The van der Waals surface area contributed by atoms with Gasteiger partial charge in [-0.3, -0.25) is 22.6 Å². The molecule has 0 aromatic carbocycles. The molecular formula is CHFIK. The maximum Gasteiger partial charge on any atom is 1.00 e. The van der Waals surface area contributed by atoms with E-state index in [2.05, 4.69) is 0 Å². The third kappa shape index (κ3) is 8.85. The van der Waals surface area contributed by atoms with E-state index >= 15 is 0 Å². The molecule has 0 saturated carbocycles. The molecular weight excluding hydrogens is 197 g/mol. The van der Waals surface area contributed by atoms with Crippen molar-refractivity contribution in [1.29, 1.82) is 0 Å². The molecule has 0 N–H and O–H groups in total. The summed E-state index contributed by atoms with van der Waals surface area (Å²) >= 11 is 1.50. The van der Waals surface area contributed by atoms with Gasteiger partial charge in [-0.05, 0) is 0 Å². The standard InChI is InChI=1S/CHFI.K/c2-1-3;/h1H;/q-1;+1. The molecule has 0 aliphatic carbocycles. The molecule has 0 aliphatic heterocycles. The average molecular weight is 198 g/mol. The van der Waals surface area contributed by atoms with E-state index in [4.69, 9.17) is 0 Å². The zero-order valence-electron chi connectivity index (χ0n) is 2.33. The Morgan fingerprint density at radius 1 is 1.75 bits per heavy atom. The van der Waals surface area contributed by atoms with Crippen molar-refractivity contribution in [3.05, 3.63) is 4.68 Å². The Morgan fingerprint density at radius 2 is 1.75 bits per heavy atom. The maximum absolute atomic E-state index is 10.2. The van der Waals surface area contributed by atoms with E-state index in [9.17, 15) is 4.39 Å². The summed E-state index contributed by atoms with van der Waals surface area (Å²) in [5, 5.41) is 0. The van der Waals surface area contributed by atoms with Crippen molar-refractivity contribution >= 4 is 22.6 Å². The maximum atomic E-state index is 10.2. The second kappa shape index (κ2) is 9.00. The van der Waals surface area contributed by atoms with Gasteiger partial charge in [-0.15, -0.1) is 4.68 Å². The first-order valence-corrected chi connectivity index (χ1v) is 1.68. The summed E-state index contributed by atoms with van der Waals surface area (Å²) in [7, 11) is 0. The van der Waals surface area contributed by atoms with Gasteiger partial charge in [0.15, 0.2) is 0 Å². The first kappa shape index (κ1) is 9.57. The second-order valence-electron chi connectivity index (χ2n) is 0.0825. The Bertz CT molecular complexity index is 8.00. The van der Waals surface area contributed by atoms with Gasteiger partial charge in [-0.2, -0.15) is 0 Å². The molecule has 0 heterocycles. The van der Waals surface area contributed by atoms with Gasteiger partial charge in [-0.1, -0.05) is 0 Å². The molecule has 0 rings (SSSR count). The van der Waals surface area contributed by atoms with Gasteiger partial charge < -0.3 is 4.39 Å². The van der Waals surface area contributed by atoms with Crippen LogP contribution < -0.4 is 51.4 Å². The number of halogens is 2. The van der Waals surface area contributed by atoms with Gasteiger partial charge in [-0.25, -0.2) is 0 Å². The van der Waals surface area contributed by atoms with Crippen LogP contribution in [-0.2, 0) is 0 Å². The van der Waals surface area contributed by atoms with Crippen LogP contribution in [-0.4, -0.2) is 0 Å². The number of hydrogen-bond donors (Lipinski definition) is 0. The molecule has 0 bridgehead atoms. The fraction of sp³-hybridized carbons (Fsp3) is 0. The molecule has 0 saturated heterocycles. The van der Waals surface area contributed by atoms with Gasteiger partial charge in [0.1, 0.15) is 0 Å². The summed E-state index contributed by atoms with van der Waals surface area (Å²) in [6, 6.07) is 0. The van der Waals surface area contributed by atoms with Gasteiger partial charge in [0.25, 0.3) is 0 Å². The number of hydrogen-bond acceptors (Lipinski definition) is 0. The molecule has 3 heteroatoms. The van der Waals surface area contributed by atoms with Crippen molar-refractivity contribution < 1.29 is 55.8 Å². The van der Waals surface area contributed by atoms with Gasteiger partial charge in [0.2, 0.25) is 0 Å². The third-order valence-corrected chi connectivity index (χ3v) is 0. The topological polar surface area (TPSA) is 0 Å². The van der Waals surface area contributed by atoms with Crippen LogP contribution in [0.2, 0.25) is 0 Å². The number of rotatable bonds is 0. The third-order valence-electron chi connectivity index (χ3n) is 0. The molecule has 0 spiro atoms. The summed E-state index contributed by atoms with van der Waals surface area (Å²) in [5.74, 6) is 0. The van der Waals surface area contributed by atoms with E-state index in [1.165, 1.54) is 22.6 Å². The van der Waals surface area contributed by atoms with E-state index in [1.54, 1.807) is 0 Å². The second-order valence-corrected chi connectivity index (χ2v) is 0.553. The molecule has 0 unspecified atom stereocenters. The van der Waals surface area contributed by atoms with Crippen LogP contribution in [0.3, 0.4) is 0 Å². The zero-order chi connectivity index (χ0) is 2.71. The van der Waals surface area contributed by atoms with Crippen molar-refractivity contribution in [3.8, 4) is 0 Å². The Morgan fingerprint density at radius 3 is 1.75 bits per heavy atom. The summed E-state index contributed by atoms with van der Waals surface area (Å²) < 4.78 is 10.6. The van der Waals surface area contributed by atoms with Crippen LogP contribution in [0.5, 0.6) is 0 Å². The van der Waals surface area contributed by atoms with E-state index in [1.807, 2.05) is 0 Å². The van der Waals surface area contributed by atoms with Crippen molar-refractivity contribution in [2.24, 2.45) is 0 Å². The van der Waals surface area contributed by atoms with Crippen LogP contribution in [0, 0.1) is 4.68 Å². The van der Waals surface area contributed by atoms with E-state index in [0.29, 0.717) is 4.68 Å². The molecule has 0 fully saturated rings. The molecule has 0 nitrogen and oxygen atoms in total. The summed E-state index contributed by atoms with van der Waals surface area (Å²) in [6.07, 6.45) is 0. The Balaban J connectivity index is 0. The monoisotopic (exact) mass is 198 g/mol. The van der Waals surface area contributed by atoms with Crippen molar-refractivity contribution in [3.63, 3.8) is 0 Å². The minimum Gasteiger partial charge on any atom is -0.448 e. The average Bonchev–Trinajstić information content (AvgIpc) is 0.918. The first-order valence-electron chi connectivity index (χ1n) is 0.436. The van der Waals surface area contributed by atoms with Crippen molar-refractivity contribution in [2.45, 2.75) is 0 Å². The van der Waals surface area contributed by atoms with Crippen LogP contribution in [0.15, 0.2) is 0 Å². The van der Waals surface area contributed by atoms with Crippen molar-refractivity contribution in [1.82, 2.24) is 0 Å². The van der Waals surface area contributed by atoms with Gasteiger partial charge in [0.05, 0.1) is 0 Å². The molecule has 0 aromatic rings. The largest absolute Gasteiger partial charge is 1.00 e. The van der Waals surface area contributed by atoms with Crippen molar-refractivity contribution in [2.75, 3.05) is 0 Å². The minimum atomic E-state index is 0. The Hall–Kier alpha value is 2.30. The molecule has 20 valence electrons. The summed E-state index contributed by atoms with van der Waals surface area (Å²) in [5.41, 5.74) is 0. The predicted molar refractivity (Wildman–Crippen MR) is 19.4 cm³/mol. The molecule has 0 atom stereocenters. The molecule has 0 aromatic heterocycles. The van der Waals surface area contributed by atoms with Gasteiger partial charge in [0, 0.05) is 0 Å². The fourth-order valence-electron chi connectivity index (χ4n) is 0. The summed E-state index contributed by atoms with van der Waals surface area (Å²) in [6.45, 7) is 0. The van der Waals surface area contributed by atoms with E-state index in [0.717, 1.165) is 0 Å². The first-order chi connectivity index (χ1) is 1.41. The quantitative estimate of drug-likeness (QED) is 0.253. The van der Waals surface area contributed by atoms with Crippen LogP contribution >= 0.6 is 22.6 Å². The molecule has 0 radical (unpaired) electrons. The predicted octanol–water partition coefficient (Wildman–Crippen LogP) is -1.49. The SMILES string of the molecule is F[CH-]I.[K+]. The van der Waals surface area contributed by atoms with Crippen LogP contribution in [0.4, 0.5) is 4.39 Å². The Labute approximate surface area is 81.1 Å². The Kier molecular flexibility index (Phi) is 21.5. The normalized spacial score (nSPS) is 4.50. The van der Waals surface area contributed by atoms with Crippen LogP contribution in [0.1, 0.15) is 0 Å². The zero-order valence-corrected chi connectivity index (χ0v) is 7.61. The fourth-order valence-corrected chi connectivity index (χ4v) is 0. The molecule has 4 heavy (non-hydrogen) atoms. The minimum absolute atomic E-state index is 0. The van der Waals surface area contributed by atoms with Gasteiger partial charge >= 0.3 is 51.4 Å². The summed E-state index contributed by atoms with van der Waals surface area (Å²) in [4.78, 5) is 0. The van der Waals surface area contributed by atoms with Crippen LogP contribution in [0.25, 0.3) is 0 Å².